The van der Waals surface area contributed by atoms with E-state index in [0.717, 1.165) is 16.3 Å². The Hall–Kier alpha value is -2.86. The number of urea groups is 1. The molecular weight excluding hydrogens is 330 g/mol. The Morgan fingerprint density at radius 3 is 1.92 bits per heavy atom. The summed E-state index contributed by atoms with van der Waals surface area (Å²) in [4.78, 5) is 27.4. The fourth-order valence-corrected chi connectivity index (χ4v) is 3.04. The molecule has 1 saturated heterocycles. The zero-order valence-electron chi connectivity index (χ0n) is 14.9. The number of anilines is 2. The van der Waals surface area contributed by atoms with Gasteiger partial charge in [0.2, 0.25) is 0 Å². The van der Waals surface area contributed by atoms with E-state index >= 15 is 0 Å². The topological polar surface area (TPSA) is 72.9 Å². The third-order valence-electron chi connectivity index (χ3n) is 4.37. The fraction of sp³-hybridized carbons (Fsp3) is 0.300. The molecule has 2 N–H and O–H groups in total. The van der Waals surface area contributed by atoms with Crippen LogP contribution in [0.25, 0.3) is 0 Å². The zero-order chi connectivity index (χ0) is 18.7. The van der Waals surface area contributed by atoms with E-state index in [1.54, 1.807) is 13.8 Å². The Bertz CT molecular complexity index is 738. The summed E-state index contributed by atoms with van der Waals surface area (Å²) in [7, 11) is 0. The van der Waals surface area contributed by atoms with E-state index in [-0.39, 0.29) is 19.0 Å². The number of para-hydroxylation sites is 2. The molecule has 3 rings (SSSR count). The van der Waals surface area contributed by atoms with Gasteiger partial charge in [-0.1, -0.05) is 36.4 Å². The van der Waals surface area contributed by atoms with Crippen molar-refractivity contribution >= 4 is 23.3 Å². The lowest BCUT2D eigenvalue weighted by atomic mass is 10.1. The molecule has 1 aliphatic heterocycles. The number of imide groups is 1. The summed E-state index contributed by atoms with van der Waals surface area (Å²) in [6.45, 7) is 3.51. The quantitative estimate of drug-likeness (QED) is 0.783. The van der Waals surface area contributed by atoms with Crippen molar-refractivity contribution in [2.75, 3.05) is 18.0 Å². The van der Waals surface area contributed by atoms with Crippen molar-refractivity contribution in [1.82, 2.24) is 10.2 Å². The highest BCUT2D eigenvalue weighted by Gasteiger charge is 2.44. The predicted molar refractivity (Wildman–Crippen MR) is 100 cm³/mol. The van der Waals surface area contributed by atoms with Crippen LogP contribution in [-0.4, -0.2) is 46.7 Å². The summed E-state index contributed by atoms with van der Waals surface area (Å²) >= 11 is 0. The monoisotopic (exact) mass is 353 g/mol. The van der Waals surface area contributed by atoms with Crippen molar-refractivity contribution in [2.45, 2.75) is 25.5 Å². The van der Waals surface area contributed by atoms with Crippen molar-refractivity contribution in [3.8, 4) is 0 Å². The molecule has 0 radical (unpaired) electrons. The van der Waals surface area contributed by atoms with Gasteiger partial charge in [0.25, 0.3) is 5.91 Å². The number of rotatable bonds is 6. The van der Waals surface area contributed by atoms with Crippen LogP contribution in [0.1, 0.15) is 13.8 Å². The highest BCUT2D eigenvalue weighted by molar-refractivity contribution is 6.06. The van der Waals surface area contributed by atoms with Gasteiger partial charge in [-0.05, 0) is 38.1 Å². The Labute approximate surface area is 153 Å². The number of amides is 3. The summed E-state index contributed by atoms with van der Waals surface area (Å²) in [6, 6.07) is 18.9. The smallest absolute Gasteiger partial charge is 0.325 e. The molecule has 26 heavy (non-hydrogen) atoms. The van der Waals surface area contributed by atoms with Crippen LogP contribution in [0.15, 0.2) is 60.7 Å². The van der Waals surface area contributed by atoms with Crippen molar-refractivity contribution in [1.29, 1.82) is 0 Å². The molecule has 0 bridgehead atoms. The van der Waals surface area contributed by atoms with Crippen LogP contribution in [0.3, 0.4) is 0 Å². The molecule has 3 amide bonds. The van der Waals surface area contributed by atoms with Gasteiger partial charge in [-0.2, -0.15) is 0 Å². The van der Waals surface area contributed by atoms with Crippen LogP contribution in [0.4, 0.5) is 16.2 Å². The van der Waals surface area contributed by atoms with E-state index in [9.17, 15) is 14.7 Å². The minimum atomic E-state index is -0.935. The van der Waals surface area contributed by atoms with Gasteiger partial charge in [0, 0.05) is 11.4 Å². The number of benzene rings is 2. The van der Waals surface area contributed by atoms with E-state index in [2.05, 4.69) is 5.32 Å². The van der Waals surface area contributed by atoms with Gasteiger partial charge >= 0.3 is 6.03 Å². The van der Waals surface area contributed by atoms with Gasteiger partial charge in [0.15, 0.2) is 0 Å². The second kappa shape index (κ2) is 7.17. The molecule has 1 fully saturated rings. The SMILES string of the molecule is CC1(C)NC(=O)N(CC(O)CN(c2ccccc2)c2ccccc2)C1=O. The Balaban J connectivity index is 1.77. The normalized spacial score (nSPS) is 17.1. The number of carbonyl (C=O) groups is 2. The first kappa shape index (κ1) is 17.9. The highest BCUT2D eigenvalue weighted by Crippen LogP contribution is 2.25. The first-order valence-corrected chi connectivity index (χ1v) is 8.58. The predicted octanol–water partition coefficient (Wildman–Crippen LogP) is 2.52. The van der Waals surface area contributed by atoms with Crippen LogP contribution >= 0.6 is 0 Å². The minimum absolute atomic E-state index is 0.0513. The van der Waals surface area contributed by atoms with Crippen molar-refractivity contribution < 1.29 is 14.7 Å². The van der Waals surface area contributed by atoms with Crippen LogP contribution in [0.2, 0.25) is 0 Å². The maximum Gasteiger partial charge on any atom is 0.325 e. The molecule has 6 heteroatoms. The number of aliphatic hydroxyl groups excluding tert-OH is 1. The maximum atomic E-state index is 12.3. The number of β-amino-alcohol motifs (C(OH)–C–C–N with tert-alkyl or cyclic N) is 1. The number of carbonyl (C=O) groups excluding carboxylic acids is 2. The first-order chi connectivity index (χ1) is 12.4. The highest BCUT2D eigenvalue weighted by atomic mass is 16.3. The lowest BCUT2D eigenvalue weighted by Gasteiger charge is -2.29. The second-order valence-corrected chi connectivity index (χ2v) is 6.91. The van der Waals surface area contributed by atoms with Crippen LogP contribution < -0.4 is 10.2 Å². The van der Waals surface area contributed by atoms with Crippen LogP contribution in [-0.2, 0) is 4.79 Å². The fourth-order valence-electron chi connectivity index (χ4n) is 3.04. The van der Waals surface area contributed by atoms with Gasteiger partial charge in [-0.15, -0.1) is 0 Å². The molecule has 2 aromatic carbocycles. The molecule has 1 atom stereocenters. The van der Waals surface area contributed by atoms with Crippen LogP contribution in [0.5, 0.6) is 0 Å². The molecule has 1 heterocycles. The number of hydrogen-bond donors (Lipinski definition) is 2. The van der Waals surface area contributed by atoms with Gasteiger partial charge in [-0.25, -0.2) is 4.79 Å². The largest absolute Gasteiger partial charge is 0.389 e. The zero-order valence-corrected chi connectivity index (χ0v) is 14.9. The Morgan fingerprint density at radius 2 is 1.50 bits per heavy atom. The molecule has 0 saturated carbocycles. The van der Waals surface area contributed by atoms with Crippen molar-refractivity contribution in [2.24, 2.45) is 0 Å². The van der Waals surface area contributed by atoms with Crippen molar-refractivity contribution in [3.63, 3.8) is 0 Å². The van der Waals surface area contributed by atoms with Gasteiger partial charge in [0.1, 0.15) is 5.54 Å². The second-order valence-electron chi connectivity index (χ2n) is 6.91. The minimum Gasteiger partial charge on any atom is -0.389 e. The molecular formula is C20H23N3O3. The standard InChI is InChI=1S/C20H23N3O3/c1-20(2)18(25)23(19(26)21-20)14-17(24)13-22(15-9-5-3-6-10-15)16-11-7-4-8-12-16/h3-12,17,24H,13-14H2,1-2H3,(H,21,26). The molecule has 6 nitrogen and oxygen atoms in total. The Morgan fingerprint density at radius 1 is 1.00 bits per heavy atom. The molecule has 0 aromatic heterocycles. The summed E-state index contributed by atoms with van der Waals surface area (Å²) in [5, 5.41) is 13.2. The maximum absolute atomic E-state index is 12.3. The van der Waals surface area contributed by atoms with E-state index in [1.807, 2.05) is 65.6 Å². The van der Waals surface area contributed by atoms with E-state index < -0.39 is 17.7 Å². The molecule has 1 aliphatic rings. The third kappa shape index (κ3) is 3.70. The first-order valence-electron chi connectivity index (χ1n) is 8.58. The number of nitrogens with one attached hydrogen (secondary N) is 1. The van der Waals surface area contributed by atoms with Crippen molar-refractivity contribution in [3.05, 3.63) is 60.7 Å². The average molecular weight is 353 g/mol. The number of hydrogen-bond acceptors (Lipinski definition) is 4. The lowest BCUT2D eigenvalue weighted by molar-refractivity contribution is -0.131. The summed E-state index contributed by atoms with van der Waals surface area (Å²) in [6.07, 6.45) is -0.890. The third-order valence-corrected chi connectivity index (χ3v) is 4.37. The molecule has 136 valence electrons. The summed E-state index contributed by atoms with van der Waals surface area (Å²) in [5.41, 5.74) is 0.917. The van der Waals surface area contributed by atoms with E-state index in [1.165, 1.54) is 0 Å². The van der Waals surface area contributed by atoms with Gasteiger partial charge in [0.05, 0.1) is 19.2 Å². The van der Waals surface area contributed by atoms with E-state index in [0.29, 0.717) is 0 Å². The van der Waals surface area contributed by atoms with Gasteiger partial charge < -0.3 is 15.3 Å². The number of nitrogens with zero attached hydrogens (tertiary/aromatic N) is 2. The lowest BCUT2D eigenvalue weighted by Crippen LogP contribution is -2.43. The summed E-state index contributed by atoms with van der Waals surface area (Å²) < 4.78 is 0. The summed E-state index contributed by atoms with van der Waals surface area (Å²) in [5.74, 6) is -0.326. The Kier molecular flexibility index (Phi) is 4.95. The van der Waals surface area contributed by atoms with Crippen LogP contribution in [0, 0.1) is 0 Å². The molecule has 1 unspecified atom stereocenters. The molecule has 0 spiro atoms. The van der Waals surface area contributed by atoms with E-state index in [4.69, 9.17) is 0 Å². The van der Waals surface area contributed by atoms with Gasteiger partial charge in [-0.3, -0.25) is 9.69 Å². The molecule has 2 aromatic rings. The average Bonchev–Trinajstić information content (AvgIpc) is 2.83. The molecule has 0 aliphatic carbocycles. The number of aliphatic hydroxyl groups is 1.